The molecule has 0 saturated carbocycles. The number of ketones is 1. The number of Topliss-reactive ketones (excluding diaryl/α,β-unsaturated/α-hetero) is 1. The Morgan fingerprint density at radius 1 is 1.69 bits per heavy atom. The molecule has 0 bridgehead atoms. The monoisotopic (exact) mass is 221 g/mol. The normalized spacial score (nSPS) is 21.0. The van der Waals surface area contributed by atoms with Crippen molar-refractivity contribution in [3.63, 3.8) is 0 Å². The minimum atomic E-state index is 0.198. The van der Waals surface area contributed by atoms with Crippen LogP contribution in [0.2, 0.25) is 0 Å². The zero-order valence-corrected chi connectivity index (χ0v) is 9.99. The van der Waals surface area contributed by atoms with Crippen molar-refractivity contribution in [2.75, 3.05) is 13.1 Å². The van der Waals surface area contributed by atoms with E-state index in [4.69, 9.17) is 0 Å². The van der Waals surface area contributed by atoms with E-state index in [1.54, 1.807) is 0 Å². The van der Waals surface area contributed by atoms with Gasteiger partial charge in [-0.3, -0.25) is 9.48 Å². The number of aromatic nitrogens is 2. The molecule has 1 aliphatic heterocycles. The summed E-state index contributed by atoms with van der Waals surface area (Å²) < 4.78 is 1.81. The highest BCUT2D eigenvalue weighted by atomic mass is 16.1. The van der Waals surface area contributed by atoms with Crippen molar-refractivity contribution in [2.45, 2.75) is 26.2 Å². The molecule has 1 atom stereocenters. The number of hydrogen-bond acceptors (Lipinski definition) is 3. The van der Waals surface area contributed by atoms with E-state index in [2.05, 4.69) is 10.4 Å². The molecule has 16 heavy (non-hydrogen) atoms. The molecular formula is C12H19N3O. The minimum absolute atomic E-state index is 0.198. The second kappa shape index (κ2) is 4.78. The maximum atomic E-state index is 12.0. The van der Waals surface area contributed by atoms with Crippen LogP contribution in [0.15, 0.2) is 6.07 Å². The van der Waals surface area contributed by atoms with Gasteiger partial charge < -0.3 is 5.32 Å². The number of rotatable bonds is 3. The number of hydrogen-bond donors (Lipinski definition) is 1. The van der Waals surface area contributed by atoms with E-state index in [1.807, 2.05) is 24.7 Å². The van der Waals surface area contributed by atoms with Gasteiger partial charge in [0.25, 0.3) is 0 Å². The smallest absolute Gasteiger partial charge is 0.143 e. The Hall–Kier alpha value is -1.16. The molecule has 0 radical (unpaired) electrons. The van der Waals surface area contributed by atoms with E-state index in [-0.39, 0.29) is 5.92 Å². The molecule has 0 amide bonds. The summed E-state index contributed by atoms with van der Waals surface area (Å²) in [5.74, 6) is 0.541. The predicted octanol–water partition coefficient (Wildman–Crippen LogP) is 0.840. The Balaban J connectivity index is 1.98. The number of carbonyl (C=O) groups excluding carboxylic acids is 1. The second-order valence-corrected chi connectivity index (χ2v) is 4.59. The van der Waals surface area contributed by atoms with Crippen molar-refractivity contribution >= 4 is 5.78 Å². The maximum Gasteiger partial charge on any atom is 0.143 e. The van der Waals surface area contributed by atoms with Gasteiger partial charge in [-0.15, -0.1) is 0 Å². The van der Waals surface area contributed by atoms with E-state index >= 15 is 0 Å². The maximum absolute atomic E-state index is 12.0. The van der Waals surface area contributed by atoms with Gasteiger partial charge in [0, 0.05) is 31.6 Å². The van der Waals surface area contributed by atoms with Crippen molar-refractivity contribution in [1.29, 1.82) is 0 Å². The quantitative estimate of drug-likeness (QED) is 0.822. The fraction of sp³-hybridized carbons (Fsp3) is 0.667. The van der Waals surface area contributed by atoms with E-state index in [1.165, 1.54) is 0 Å². The van der Waals surface area contributed by atoms with Crippen LogP contribution in [-0.2, 0) is 18.3 Å². The van der Waals surface area contributed by atoms with E-state index < -0.39 is 0 Å². The molecule has 1 aliphatic rings. The Bertz CT molecular complexity index is 378. The summed E-state index contributed by atoms with van der Waals surface area (Å²) in [5, 5.41) is 7.54. The summed E-state index contributed by atoms with van der Waals surface area (Å²) in [7, 11) is 1.90. The van der Waals surface area contributed by atoms with Gasteiger partial charge in [-0.05, 0) is 32.4 Å². The van der Waals surface area contributed by atoms with Crippen molar-refractivity contribution in [2.24, 2.45) is 13.0 Å². The molecule has 88 valence electrons. The predicted molar refractivity (Wildman–Crippen MR) is 62.2 cm³/mol. The molecule has 1 saturated heterocycles. The van der Waals surface area contributed by atoms with Gasteiger partial charge in [0.2, 0.25) is 0 Å². The number of nitrogens with zero attached hydrogens (tertiary/aromatic N) is 2. The lowest BCUT2D eigenvalue weighted by atomic mass is 9.92. The van der Waals surface area contributed by atoms with Crippen LogP contribution >= 0.6 is 0 Å². The van der Waals surface area contributed by atoms with Crippen LogP contribution < -0.4 is 5.32 Å². The fourth-order valence-corrected chi connectivity index (χ4v) is 2.28. The lowest BCUT2D eigenvalue weighted by Gasteiger charge is -2.21. The average Bonchev–Trinajstić information content (AvgIpc) is 2.59. The zero-order chi connectivity index (χ0) is 11.5. The Morgan fingerprint density at radius 2 is 2.50 bits per heavy atom. The van der Waals surface area contributed by atoms with Crippen LogP contribution in [0.5, 0.6) is 0 Å². The molecule has 2 rings (SSSR count). The van der Waals surface area contributed by atoms with Crippen molar-refractivity contribution < 1.29 is 4.79 Å². The highest BCUT2D eigenvalue weighted by Gasteiger charge is 2.21. The van der Waals surface area contributed by atoms with Crippen LogP contribution in [0.3, 0.4) is 0 Å². The first-order chi connectivity index (χ1) is 7.66. The molecule has 0 aliphatic carbocycles. The summed E-state index contributed by atoms with van der Waals surface area (Å²) in [6.45, 7) is 3.85. The highest BCUT2D eigenvalue weighted by molar-refractivity contribution is 5.83. The van der Waals surface area contributed by atoms with Crippen LogP contribution in [0, 0.1) is 12.8 Å². The largest absolute Gasteiger partial charge is 0.316 e. The van der Waals surface area contributed by atoms with Crippen LogP contribution in [-0.4, -0.2) is 28.7 Å². The summed E-state index contributed by atoms with van der Waals surface area (Å²) in [4.78, 5) is 12.0. The molecular weight excluding hydrogens is 202 g/mol. The number of piperidine rings is 1. The molecule has 1 unspecified atom stereocenters. The van der Waals surface area contributed by atoms with Crippen LogP contribution in [0.25, 0.3) is 0 Å². The van der Waals surface area contributed by atoms with Gasteiger partial charge in [0.05, 0.1) is 5.69 Å². The molecule has 1 fully saturated rings. The van der Waals surface area contributed by atoms with Crippen molar-refractivity contribution in [1.82, 2.24) is 15.1 Å². The Labute approximate surface area is 96.0 Å². The standard InChI is InChI=1S/C12H19N3O/c1-9-6-11(15(2)14-9)7-12(16)10-4-3-5-13-8-10/h6,10,13H,3-5,7-8H2,1-2H3. The second-order valence-electron chi connectivity index (χ2n) is 4.59. The number of aryl methyl sites for hydroxylation is 2. The van der Waals surface area contributed by atoms with Gasteiger partial charge in [-0.1, -0.05) is 0 Å². The highest BCUT2D eigenvalue weighted by Crippen LogP contribution is 2.14. The van der Waals surface area contributed by atoms with Crippen molar-refractivity contribution in [3.05, 3.63) is 17.5 Å². The van der Waals surface area contributed by atoms with E-state index in [0.29, 0.717) is 12.2 Å². The Morgan fingerprint density at radius 3 is 3.06 bits per heavy atom. The van der Waals surface area contributed by atoms with E-state index in [0.717, 1.165) is 37.3 Å². The molecule has 0 aromatic carbocycles. The van der Waals surface area contributed by atoms with Crippen LogP contribution in [0.4, 0.5) is 0 Å². The first-order valence-corrected chi connectivity index (χ1v) is 5.90. The molecule has 1 aromatic heterocycles. The van der Waals surface area contributed by atoms with Gasteiger partial charge in [-0.25, -0.2) is 0 Å². The third-order valence-electron chi connectivity index (χ3n) is 3.21. The van der Waals surface area contributed by atoms with Gasteiger partial charge >= 0.3 is 0 Å². The van der Waals surface area contributed by atoms with Crippen LogP contribution in [0.1, 0.15) is 24.2 Å². The Kier molecular flexibility index (Phi) is 3.39. The van der Waals surface area contributed by atoms with Gasteiger partial charge in [0.15, 0.2) is 0 Å². The topological polar surface area (TPSA) is 46.9 Å². The molecule has 4 heteroatoms. The third kappa shape index (κ3) is 2.50. The van der Waals surface area contributed by atoms with Gasteiger partial charge in [-0.2, -0.15) is 5.10 Å². The lowest BCUT2D eigenvalue weighted by molar-refractivity contribution is -0.122. The summed E-state index contributed by atoms with van der Waals surface area (Å²) in [6.07, 6.45) is 2.66. The summed E-state index contributed by atoms with van der Waals surface area (Å²) in [5.41, 5.74) is 2.00. The number of carbonyl (C=O) groups is 1. The molecule has 4 nitrogen and oxygen atoms in total. The molecule has 0 spiro atoms. The minimum Gasteiger partial charge on any atom is -0.316 e. The third-order valence-corrected chi connectivity index (χ3v) is 3.21. The van der Waals surface area contributed by atoms with Crippen molar-refractivity contribution in [3.8, 4) is 0 Å². The first-order valence-electron chi connectivity index (χ1n) is 5.90. The average molecular weight is 221 g/mol. The fourth-order valence-electron chi connectivity index (χ4n) is 2.28. The summed E-state index contributed by atoms with van der Waals surface area (Å²) in [6, 6.07) is 1.99. The SMILES string of the molecule is Cc1cc(CC(=O)C2CCCNC2)n(C)n1. The van der Waals surface area contributed by atoms with E-state index in [9.17, 15) is 4.79 Å². The lowest BCUT2D eigenvalue weighted by Crippen LogP contribution is -2.35. The number of nitrogens with one attached hydrogen (secondary N) is 1. The molecule has 2 heterocycles. The first kappa shape index (κ1) is 11.3. The zero-order valence-electron chi connectivity index (χ0n) is 9.99. The van der Waals surface area contributed by atoms with Gasteiger partial charge in [0.1, 0.15) is 5.78 Å². The summed E-state index contributed by atoms with van der Waals surface area (Å²) >= 11 is 0. The molecule has 1 N–H and O–H groups in total. The molecule has 1 aromatic rings.